The first-order valence-corrected chi connectivity index (χ1v) is 9.36. The molecule has 0 aliphatic carbocycles. The third-order valence-corrected chi connectivity index (χ3v) is 4.42. The van der Waals surface area contributed by atoms with Gasteiger partial charge in [-0.05, 0) is 39.5 Å². The average Bonchev–Trinajstić information content (AvgIpc) is 2.57. The van der Waals surface area contributed by atoms with Gasteiger partial charge in [-0.15, -0.1) is 0 Å². The van der Waals surface area contributed by atoms with Crippen molar-refractivity contribution in [3.05, 3.63) is 0 Å². The second-order valence-electron chi connectivity index (χ2n) is 6.45. The van der Waals surface area contributed by atoms with Gasteiger partial charge in [-0.1, -0.05) is 0 Å². The zero-order valence-electron chi connectivity index (χ0n) is 15.3. The number of nitrogens with zero attached hydrogens (tertiary/aromatic N) is 3. The lowest BCUT2D eigenvalue weighted by molar-refractivity contribution is -0.178. The van der Waals surface area contributed by atoms with Crippen LogP contribution in [-0.4, -0.2) is 114 Å². The SMILES string of the molecule is CN1CCCN2CCOCCOCCN(CCC1)OCCOCC2. The molecule has 0 spiro atoms. The van der Waals surface area contributed by atoms with E-state index in [1.807, 2.05) is 5.06 Å². The summed E-state index contributed by atoms with van der Waals surface area (Å²) in [6.07, 6.45) is 2.28. The Balaban J connectivity index is 1.92. The first kappa shape index (κ1) is 20.0. The van der Waals surface area contributed by atoms with E-state index in [0.29, 0.717) is 33.0 Å². The molecule has 0 aromatic carbocycles. The Hall–Kier alpha value is -0.280. The maximum Gasteiger partial charge on any atom is 0.0918 e. The third kappa shape index (κ3) is 9.27. The van der Waals surface area contributed by atoms with Crippen LogP contribution in [0.2, 0.25) is 0 Å². The van der Waals surface area contributed by atoms with Crippen LogP contribution in [-0.2, 0) is 19.0 Å². The zero-order chi connectivity index (χ0) is 16.9. The van der Waals surface area contributed by atoms with E-state index in [2.05, 4.69) is 16.8 Å². The quantitative estimate of drug-likeness (QED) is 0.586. The van der Waals surface area contributed by atoms with Gasteiger partial charge in [0.2, 0.25) is 0 Å². The summed E-state index contributed by atoms with van der Waals surface area (Å²) in [4.78, 5) is 10.7. The third-order valence-electron chi connectivity index (χ3n) is 4.42. The van der Waals surface area contributed by atoms with E-state index in [1.54, 1.807) is 0 Å². The molecule has 2 heterocycles. The van der Waals surface area contributed by atoms with Crippen molar-refractivity contribution in [2.45, 2.75) is 12.8 Å². The second kappa shape index (κ2) is 13.0. The highest BCUT2D eigenvalue weighted by molar-refractivity contribution is 4.62. The van der Waals surface area contributed by atoms with Gasteiger partial charge in [0.05, 0.1) is 46.2 Å². The molecule has 0 amide bonds. The summed E-state index contributed by atoms with van der Waals surface area (Å²) in [6.45, 7) is 11.7. The normalized spacial score (nSPS) is 31.4. The highest BCUT2D eigenvalue weighted by Gasteiger charge is 2.10. The van der Waals surface area contributed by atoms with Gasteiger partial charge in [0, 0.05) is 26.2 Å². The Kier molecular flexibility index (Phi) is 10.8. The summed E-state index contributed by atoms with van der Waals surface area (Å²) in [5.41, 5.74) is 0. The summed E-state index contributed by atoms with van der Waals surface area (Å²) < 4.78 is 17.1. The van der Waals surface area contributed by atoms with Crippen LogP contribution in [0.5, 0.6) is 0 Å². The molecule has 2 fully saturated rings. The van der Waals surface area contributed by atoms with Crippen molar-refractivity contribution in [2.75, 3.05) is 99.1 Å². The van der Waals surface area contributed by atoms with Crippen LogP contribution >= 0.6 is 0 Å². The largest absolute Gasteiger partial charge is 0.378 e. The van der Waals surface area contributed by atoms with Gasteiger partial charge >= 0.3 is 0 Å². The van der Waals surface area contributed by atoms with Gasteiger partial charge in [0.25, 0.3) is 0 Å². The Morgan fingerprint density at radius 3 is 1.83 bits per heavy atom. The molecular weight excluding hydrogens is 310 g/mol. The van der Waals surface area contributed by atoms with E-state index in [-0.39, 0.29) is 0 Å². The Morgan fingerprint density at radius 1 is 0.542 bits per heavy atom. The zero-order valence-corrected chi connectivity index (χ0v) is 15.3. The van der Waals surface area contributed by atoms with Gasteiger partial charge in [0.15, 0.2) is 0 Å². The molecule has 0 aromatic rings. The Bertz CT molecular complexity index is 282. The number of hydroxylamine groups is 2. The molecule has 2 aliphatic heterocycles. The first-order valence-electron chi connectivity index (χ1n) is 9.36. The summed E-state index contributed by atoms with van der Waals surface area (Å²) in [5.74, 6) is 0. The molecule has 2 bridgehead atoms. The van der Waals surface area contributed by atoms with E-state index in [1.165, 1.54) is 6.42 Å². The molecule has 142 valence electrons. The minimum Gasteiger partial charge on any atom is -0.378 e. The fraction of sp³-hybridized carbons (Fsp3) is 1.00. The van der Waals surface area contributed by atoms with Gasteiger partial charge in [-0.25, -0.2) is 0 Å². The Labute approximate surface area is 146 Å². The van der Waals surface area contributed by atoms with Crippen molar-refractivity contribution in [2.24, 2.45) is 0 Å². The lowest BCUT2D eigenvalue weighted by Gasteiger charge is -2.24. The number of rotatable bonds is 0. The standard InChI is InChI=1S/C17H35N3O4/c1-18-4-2-6-19-8-11-21-14-15-23-13-10-20(7-3-5-18)24-17-16-22-12-9-19/h2-17H2,1H3. The molecule has 2 unspecified atom stereocenters. The monoisotopic (exact) mass is 345 g/mol. The van der Waals surface area contributed by atoms with E-state index >= 15 is 0 Å². The van der Waals surface area contributed by atoms with Crippen LogP contribution in [0, 0.1) is 0 Å². The van der Waals surface area contributed by atoms with Crippen molar-refractivity contribution in [3.63, 3.8) is 0 Å². The molecule has 2 atom stereocenters. The van der Waals surface area contributed by atoms with E-state index < -0.39 is 0 Å². The van der Waals surface area contributed by atoms with Gasteiger partial charge in [-0.3, -0.25) is 9.74 Å². The molecule has 2 aliphatic rings. The maximum atomic E-state index is 5.87. The van der Waals surface area contributed by atoms with E-state index in [0.717, 1.165) is 65.4 Å². The molecule has 7 nitrogen and oxygen atoms in total. The van der Waals surface area contributed by atoms with Crippen LogP contribution in [0.1, 0.15) is 12.8 Å². The van der Waals surface area contributed by atoms with Gasteiger partial charge in [-0.2, -0.15) is 5.06 Å². The van der Waals surface area contributed by atoms with Crippen molar-refractivity contribution in [1.29, 1.82) is 0 Å². The summed E-state index contributed by atoms with van der Waals surface area (Å²) in [7, 11) is 2.21. The van der Waals surface area contributed by atoms with E-state index in [9.17, 15) is 0 Å². The predicted octanol–water partition coefficient (Wildman–Crippen LogP) is 0.311. The predicted molar refractivity (Wildman–Crippen MR) is 93.2 cm³/mol. The summed E-state index contributed by atoms with van der Waals surface area (Å²) in [5, 5.41) is 2.02. The Morgan fingerprint density at radius 2 is 1.12 bits per heavy atom. The number of ether oxygens (including phenoxy) is 3. The molecule has 2 rings (SSSR count). The number of hydrogen-bond acceptors (Lipinski definition) is 7. The fourth-order valence-electron chi connectivity index (χ4n) is 2.97. The minimum absolute atomic E-state index is 0.610. The van der Waals surface area contributed by atoms with Crippen molar-refractivity contribution >= 4 is 0 Å². The van der Waals surface area contributed by atoms with Crippen molar-refractivity contribution < 1.29 is 19.0 Å². The highest BCUT2D eigenvalue weighted by Crippen LogP contribution is 2.01. The summed E-state index contributed by atoms with van der Waals surface area (Å²) >= 11 is 0. The molecule has 2 saturated heterocycles. The van der Waals surface area contributed by atoms with Gasteiger partial charge < -0.3 is 19.1 Å². The molecule has 24 heavy (non-hydrogen) atoms. The number of fused-ring (bicyclic) bond motifs is 7. The van der Waals surface area contributed by atoms with Crippen LogP contribution in [0.25, 0.3) is 0 Å². The van der Waals surface area contributed by atoms with E-state index in [4.69, 9.17) is 19.0 Å². The molecule has 0 radical (unpaired) electrons. The topological polar surface area (TPSA) is 46.6 Å². The number of hydrogen-bond donors (Lipinski definition) is 0. The first-order chi connectivity index (χ1) is 11.8. The lowest BCUT2D eigenvalue weighted by atomic mass is 10.3. The van der Waals surface area contributed by atoms with Crippen LogP contribution < -0.4 is 0 Å². The molecule has 7 heteroatoms. The molecule has 0 saturated carbocycles. The molecular formula is C17H35N3O4. The molecule has 0 N–H and O–H groups in total. The second-order valence-corrected chi connectivity index (χ2v) is 6.45. The summed E-state index contributed by atoms with van der Waals surface area (Å²) in [6, 6.07) is 0. The van der Waals surface area contributed by atoms with Gasteiger partial charge in [0.1, 0.15) is 0 Å². The van der Waals surface area contributed by atoms with Crippen molar-refractivity contribution in [1.82, 2.24) is 14.9 Å². The maximum absolute atomic E-state index is 5.87. The lowest BCUT2D eigenvalue weighted by Crippen LogP contribution is -2.34. The fourth-order valence-corrected chi connectivity index (χ4v) is 2.97. The smallest absolute Gasteiger partial charge is 0.0918 e. The van der Waals surface area contributed by atoms with Crippen LogP contribution in [0.3, 0.4) is 0 Å². The average molecular weight is 345 g/mol. The highest BCUT2D eigenvalue weighted by atomic mass is 16.7. The molecule has 0 aromatic heterocycles. The van der Waals surface area contributed by atoms with Crippen molar-refractivity contribution in [3.8, 4) is 0 Å². The van der Waals surface area contributed by atoms with Crippen LogP contribution in [0.4, 0.5) is 0 Å². The van der Waals surface area contributed by atoms with Crippen LogP contribution in [0.15, 0.2) is 0 Å². The minimum atomic E-state index is 0.610.